The van der Waals surface area contributed by atoms with Crippen molar-refractivity contribution in [1.29, 1.82) is 0 Å². The highest BCUT2D eigenvalue weighted by Crippen LogP contribution is 2.38. The second kappa shape index (κ2) is 5.65. The minimum atomic E-state index is -0.345. The van der Waals surface area contributed by atoms with Crippen molar-refractivity contribution in [3.63, 3.8) is 0 Å². The molecule has 1 aromatic heterocycles. The topological polar surface area (TPSA) is 83.0 Å². The van der Waals surface area contributed by atoms with Gasteiger partial charge in [0.25, 0.3) is 0 Å². The lowest BCUT2D eigenvalue weighted by Crippen LogP contribution is -2.17. The third kappa shape index (κ3) is 2.42. The zero-order valence-corrected chi connectivity index (χ0v) is 12.0. The summed E-state index contributed by atoms with van der Waals surface area (Å²) in [6, 6.07) is 7.16. The van der Waals surface area contributed by atoms with Crippen molar-refractivity contribution in [3.05, 3.63) is 41.2 Å². The number of nitrogens with two attached hydrogens (primary N) is 1. The van der Waals surface area contributed by atoms with Gasteiger partial charge in [0.2, 0.25) is 0 Å². The Morgan fingerprint density at radius 1 is 1.38 bits per heavy atom. The number of benzene rings is 1. The molecule has 0 aliphatic heterocycles. The van der Waals surface area contributed by atoms with Gasteiger partial charge in [-0.15, -0.1) is 5.10 Å². The summed E-state index contributed by atoms with van der Waals surface area (Å²) in [5.41, 5.74) is 9.13. The first-order valence-corrected chi connectivity index (χ1v) is 7.08. The van der Waals surface area contributed by atoms with Gasteiger partial charge in [0, 0.05) is 12.5 Å². The van der Waals surface area contributed by atoms with E-state index in [-0.39, 0.29) is 5.97 Å². The largest absolute Gasteiger partial charge is 0.465 e. The third-order valence-corrected chi connectivity index (χ3v) is 4.00. The van der Waals surface area contributed by atoms with E-state index in [4.69, 9.17) is 10.5 Å². The molecular formula is C15H18N4O2. The molecule has 1 aliphatic rings. The van der Waals surface area contributed by atoms with Crippen LogP contribution in [0.25, 0.3) is 5.69 Å². The van der Waals surface area contributed by atoms with Crippen molar-refractivity contribution in [2.75, 3.05) is 7.11 Å². The fourth-order valence-corrected chi connectivity index (χ4v) is 2.60. The Morgan fingerprint density at radius 3 is 2.62 bits per heavy atom. The van der Waals surface area contributed by atoms with Gasteiger partial charge in [0.05, 0.1) is 24.1 Å². The van der Waals surface area contributed by atoms with Crippen LogP contribution in [0.5, 0.6) is 0 Å². The molecule has 6 nitrogen and oxygen atoms in total. The molecule has 1 aliphatic carbocycles. The smallest absolute Gasteiger partial charge is 0.337 e. The summed E-state index contributed by atoms with van der Waals surface area (Å²) < 4.78 is 6.54. The Hall–Kier alpha value is -2.21. The Kier molecular flexibility index (Phi) is 3.70. The van der Waals surface area contributed by atoms with E-state index in [2.05, 4.69) is 10.3 Å². The van der Waals surface area contributed by atoms with Crippen molar-refractivity contribution in [3.8, 4) is 5.69 Å². The molecule has 0 radical (unpaired) electrons. The molecule has 2 aromatic rings. The molecule has 0 saturated heterocycles. The number of ether oxygens (including phenoxy) is 1. The van der Waals surface area contributed by atoms with E-state index in [1.165, 1.54) is 13.5 Å². The summed E-state index contributed by atoms with van der Waals surface area (Å²) in [6.45, 7) is 0.395. The van der Waals surface area contributed by atoms with E-state index in [0.717, 1.165) is 29.9 Å². The Labute approximate surface area is 122 Å². The zero-order chi connectivity index (χ0) is 14.8. The summed E-state index contributed by atoms with van der Waals surface area (Å²) in [4.78, 5) is 11.5. The van der Waals surface area contributed by atoms with Gasteiger partial charge in [-0.1, -0.05) is 11.6 Å². The minimum absolute atomic E-state index is 0.345. The summed E-state index contributed by atoms with van der Waals surface area (Å²) in [5.74, 6) is 0.140. The normalized spacial score (nSPS) is 14.8. The van der Waals surface area contributed by atoms with Gasteiger partial charge in [-0.25, -0.2) is 9.48 Å². The van der Waals surface area contributed by atoms with Crippen molar-refractivity contribution < 1.29 is 9.53 Å². The van der Waals surface area contributed by atoms with Crippen molar-refractivity contribution in [2.24, 2.45) is 5.73 Å². The van der Waals surface area contributed by atoms with E-state index < -0.39 is 0 Å². The van der Waals surface area contributed by atoms with Crippen molar-refractivity contribution in [1.82, 2.24) is 15.0 Å². The summed E-state index contributed by atoms with van der Waals surface area (Å²) in [7, 11) is 1.37. The third-order valence-electron chi connectivity index (χ3n) is 4.00. The van der Waals surface area contributed by atoms with Gasteiger partial charge >= 0.3 is 5.97 Å². The Balaban J connectivity index is 1.96. The van der Waals surface area contributed by atoms with Crippen LogP contribution in [-0.2, 0) is 11.3 Å². The van der Waals surface area contributed by atoms with Crippen LogP contribution >= 0.6 is 0 Å². The lowest BCUT2D eigenvalue weighted by Gasteiger charge is -2.26. The Morgan fingerprint density at radius 2 is 2.10 bits per heavy atom. The number of esters is 1. The average molecular weight is 286 g/mol. The number of nitrogens with zero attached hydrogens (tertiary/aromatic N) is 3. The van der Waals surface area contributed by atoms with Gasteiger partial charge in [-0.2, -0.15) is 0 Å². The number of methoxy groups -OCH3 is 1. The molecule has 110 valence electrons. The van der Waals surface area contributed by atoms with Crippen LogP contribution in [0.1, 0.15) is 46.9 Å². The first-order chi connectivity index (χ1) is 10.2. The molecule has 0 atom stereocenters. The van der Waals surface area contributed by atoms with Crippen LogP contribution in [-0.4, -0.2) is 28.1 Å². The molecule has 0 unspecified atom stereocenters. The number of hydrogen-bond acceptors (Lipinski definition) is 5. The van der Waals surface area contributed by atoms with E-state index in [9.17, 15) is 4.79 Å². The fourth-order valence-electron chi connectivity index (χ4n) is 2.60. The molecule has 1 aromatic carbocycles. The van der Waals surface area contributed by atoms with E-state index >= 15 is 0 Å². The lowest BCUT2D eigenvalue weighted by atomic mass is 9.82. The van der Waals surface area contributed by atoms with E-state index in [0.29, 0.717) is 18.0 Å². The van der Waals surface area contributed by atoms with Crippen molar-refractivity contribution in [2.45, 2.75) is 31.7 Å². The number of rotatable bonds is 4. The monoisotopic (exact) mass is 286 g/mol. The highest BCUT2D eigenvalue weighted by atomic mass is 16.5. The highest BCUT2D eigenvalue weighted by Gasteiger charge is 2.27. The number of aromatic nitrogens is 3. The van der Waals surface area contributed by atoms with E-state index in [1.54, 1.807) is 12.1 Å². The first-order valence-electron chi connectivity index (χ1n) is 7.08. The quantitative estimate of drug-likeness (QED) is 0.866. The maximum Gasteiger partial charge on any atom is 0.337 e. The molecule has 0 amide bonds. The number of carbonyl (C=O) groups excluding carboxylic acids is 1. The second-order valence-corrected chi connectivity index (χ2v) is 5.20. The number of carbonyl (C=O) groups is 1. The van der Waals surface area contributed by atoms with Crippen molar-refractivity contribution >= 4 is 5.97 Å². The Bertz CT molecular complexity index is 644. The van der Waals surface area contributed by atoms with Gasteiger partial charge in [0.1, 0.15) is 5.69 Å². The van der Waals surface area contributed by atoms with Crippen LogP contribution in [0.3, 0.4) is 0 Å². The maximum absolute atomic E-state index is 11.5. The molecule has 6 heteroatoms. The van der Waals surface area contributed by atoms with Gasteiger partial charge < -0.3 is 10.5 Å². The molecule has 1 saturated carbocycles. The average Bonchev–Trinajstić information content (AvgIpc) is 2.88. The number of hydrogen-bond donors (Lipinski definition) is 1. The molecule has 1 heterocycles. The minimum Gasteiger partial charge on any atom is -0.465 e. The molecule has 0 bridgehead atoms. The molecule has 3 rings (SSSR count). The zero-order valence-electron chi connectivity index (χ0n) is 12.0. The molecule has 2 N–H and O–H groups in total. The highest BCUT2D eigenvalue weighted by molar-refractivity contribution is 5.89. The van der Waals surface area contributed by atoms with Crippen LogP contribution in [0.2, 0.25) is 0 Å². The fraction of sp³-hybridized carbons (Fsp3) is 0.400. The summed E-state index contributed by atoms with van der Waals surface area (Å²) >= 11 is 0. The van der Waals surface area contributed by atoms with E-state index in [1.807, 2.05) is 16.8 Å². The predicted octanol–water partition coefficient (Wildman–Crippen LogP) is 1.78. The van der Waals surface area contributed by atoms with Crippen LogP contribution < -0.4 is 5.73 Å². The predicted molar refractivity (Wildman–Crippen MR) is 77.2 cm³/mol. The molecule has 0 spiro atoms. The molecule has 1 fully saturated rings. The summed E-state index contributed by atoms with van der Waals surface area (Å²) in [6.07, 6.45) is 3.54. The van der Waals surface area contributed by atoms with Crippen LogP contribution in [0.4, 0.5) is 0 Å². The van der Waals surface area contributed by atoms with Crippen LogP contribution in [0, 0.1) is 0 Å². The maximum atomic E-state index is 11.5. The second-order valence-electron chi connectivity index (χ2n) is 5.20. The van der Waals surface area contributed by atoms with Gasteiger partial charge in [0.15, 0.2) is 0 Å². The molecular weight excluding hydrogens is 268 g/mol. The van der Waals surface area contributed by atoms with Crippen LogP contribution in [0.15, 0.2) is 24.3 Å². The summed E-state index contributed by atoms with van der Waals surface area (Å²) in [5, 5.41) is 8.41. The first kappa shape index (κ1) is 13.8. The molecule has 21 heavy (non-hydrogen) atoms. The SMILES string of the molecule is COC(=O)c1ccc(-n2nnc(CN)c2C2CCC2)cc1. The lowest BCUT2D eigenvalue weighted by molar-refractivity contribution is 0.0601. The standard InChI is InChI=1S/C15H18N4O2/c1-21-15(20)11-5-7-12(8-6-11)19-14(10-3-2-4-10)13(9-16)17-18-19/h5-8,10H,2-4,9,16H2,1H3. The van der Waals surface area contributed by atoms with Gasteiger partial charge in [-0.3, -0.25) is 0 Å². The van der Waals surface area contributed by atoms with Gasteiger partial charge in [-0.05, 0) is 37.1 Å².